The minimum absolute atomic E-state index is 0.0193. The van der Waals surface area contributed by atoms with E-state index in [1.54, 1.807) is 6.07 Å². The Morgan fingerprint density at radius 2 is 1.91 bits per heavy atom. The fourth-order valence-corrected chi connectivity index (χ4v) is 3.86. The summed E-state index contributed by atoms with van der Waals surface area (Å²) in [5.41, 5.74) is 0.374. The normalized spacial score (nSPS) is 10.8. The number of carbonyl (C=O) groups is 2. The van der Waals surface area contributed by atoms with Gasteiger partial charge in [-0.05, 0) is 37.3 Å². The van der Waals surface area contributed by atoms with Crippen molar-refractivity contribution in [3.05, 3.63) is 70.5 Å². The average Bonchev–Trinajstić information content (AvgIpc) is 3.17. The van der Waals surface area contributed by atoms with Crippen molar-refractivity contribution < 1.29 is 18.4 Å². The Bertz CT molecular complexity index is 1130. The second-order valence-corrected chi connectivity index (χ2v) is 7.94. The zero-order valence-electron chi connectivity index (χ0n) is 17.1. The summed E-state index contributed by atoms with van der Waals surface area (Å²) in [4.78, 5) is 24.3. The fourth-order valence-electron chi connectivity index (χ4n) is 2.86. The van der Waals surface area contributed by atoms with Crippen molar-refractivity contribution in [2.24, 2.45) is 0 Å². The Morgan fingerprint density at radius 1 is 1.12 bits per heavy atom. The summed E-state index contributed by atoms with van der Waals surface area (Å²) in [6.07, 6.45) is 0.391. The van der Waals surface area contributed by atoms with Gasteiger partial charge in [-0.25, -0.2) is 8.78 Å². The van der Waals surface area contributed by atoms with Crippen molar-refractivity contribution in [3.63, 3.8) is 0 Å². The van der Waals surface area contributed by atoms with Gasteiger partial charge in [0, 0.05) is 25.2 Å². The zero-order chi connectivity index (χ0) is 23.1. The third kappa shape index (κ3) is 6.04. The largest absolute Gasteiger partial charge is 0.351 e. The van der Waals surface area contributed by atoms with Crippen molar-refractivity contribution >= 4 is 40.9 Å². The highest BCUT2D eigenvalue weighted by Crippen LogP contribution is 2.21. The predicted molar refractivity (Wildman–Crippen MR) is 119 cm³/mol. The third-order valence-corrected chi connectivity index (χ3v) is 5.65. The summed E-state index contributed by atoms with van der Waals surface area (Å²) in [6.45, 7) is 2.73. The molecule has 0 saturated heterocycles. The summed E-state index contributed by atoms with van der Waals surface area (Å²) in [6, 6.07) is 9.69. The Hall–Kier alpha value is -2.98. The fraction of sp³-hybridized carbons (Fsp3) is 0.238. The maximum Gasteiger partial charge on any atom is 0.254 e. The Kier molecular flexibility index (Phi) is 8.18. The number of hydrogen-bond acceptors (Lipinski definition) is 5. The van der Waals surface area contributed by atoms with Crippen molar-refractivity contribution in [1.82, 2.24) is 20.1 Å². The molecule has 32 heavy (non-hydrogen) atoms. The van der Waals surface area contributed by atoms with Crippen LogP contribution < -0.4 is 10.6 Å². The Morgan fingerprint density at radius 3 is 2.62 bits per heavy atom. The molecule has 2 aromatic carbocycles. The lowest BCUT2D eigenvalue weighted by Crippen LogP contribution is -2.27. The summed E-state index contributed by atoms with van der Waals surface area (Å²) >= 11 is 6.92. The first-order chi connectivity index (χ1) is 15.4. The molecular weight excluding hydrogens is 460 g/mol. The molecule has 1 heterocycles. The topological polar surface area (TPSA) is 88.9 Å². The summed E-state index contributed by atoms with van der Waals surface area (Å²) in [5, 5.41) is 14.0. The first-order valence-electron chi connectivity index (χ1n) is 9.71. The van der Waals surface area contributed by atoms with Gasteiger partial charge < -0.3 is 15.2 Å². The summed E-state index contributed by atoms with van der Waals surface area (Å²) in [7, 11) is 0. The number of rotatable bonds is 9. The van der Waals surface area contributed by atoms with Crippen LogP contribution in [-0.4, -0.2) is 38.9 Å². The van der Waals surface area contributed by atoms with Crippen LogP contribution in [0.5, 0.6) is 0 Å². The minimum atomic E-state index is -0.582. The maximum atomic E-state index is 13.7. The molecule has 0 bridgehead atoms. The summed E-state index contributed by atoms with van der Waals surface area (Å²) < 4.78 is 28.7. The molecular formula is C21H20ClF2N5O2S. The molecule has 0 saturated carbocycles. The molecule has 0 unspecified atom stereocenters. The van der Waals surface area contributed by atoms with E-state index in [2.05, 4.69) is 20.8 Å². The molecule has 0 spiro atoms. The first-order valence-corrected chi connectivity index (χ1v) is 11.1. The van der Waals surface area contributed by atoms with Gasteiger partial charge in [0.25, 0.3) is 5.91 Å². The lowest BCUT2D eigenvalue weighted by molar-refractivity contribution is -0.113. The molecule has 0 aliphatic carbocycles. The van der Waals surface area contributed by atoms with Gasteiger partial charge in [0.2, 0.25) is 5.91 Å². The van der Waals surface area contributed by atoms with Crippen molar-refractivity contribution in [1.29, 1.82) is 0 Å². The molecule has 2 amide bonds. The van der Waals surface area contributed by atoms with Gasteiger partial charge in [-0.2, -0.15) is 0 Å². The van der Waals surface area contributed by atoms with Gasteiger partial charge in [-0.15, -0.1) is 10.2 Å². The lowest BCUT2D eigenvalue weighted by Gasteiger charge is -2.09. The molecule has 3 rings (SSSR count). The zero-order valence-corrected chi connectivity index (χ0v) is 18.6. The molecule has 7 nitrogen and oxygen atoms in total. The van der Waals surface area contributed by atoms with Crippen molar-refractivity contribution in [3.8, 4) is 0 Å². The van der Waals surface area contributed by atoms with E-state index in [1.165, 1.54) is 48.2 Å². The van der Waals surface area contributed by atoms with E-state index in [-0.39, 0.29) is 28.8 Å². The standard InChI is InChI=1S/C21H20ClF2N5O2S/c1-2-29-18(9-10-25-20(31)14-5-3-4-6-16(14)23)27-28-21(29)32-12-19(30)26-13-7-8-17(24)15(22)11-13/h3-8,11H,2,9-10,12H2,1H3,(H,25,31)(H,26,30). The molecule has 0 aliphatic rings. The smallest absolute Gasteiger partial charge is 0.254 e. The molecule has 0 fully saturated rings. The number of halogens is 3. The van der Waals surface area contributed by atoms with E-state index in [4.69, 9.17) is 11.6 Å². The summed E-state index contributed by atoms with van der Waals surface area (Å²) in [5.74, 6) is -1.25. The van der Waals surface area contributed by atoms with E-state index in [0.717, 1.165) is 0 Å². The molecule has 168 valence electrons. The second kappa shape index (κ2) is 11.1. The number of thioether (sulfide) groups is 1. The highest BCUT2D eigenvalue weighted by Gasteiger charge is 2.15. The monoisotopic (exact) mass is 479 g/mol. The predicted octanol–water partition coefficient (Wildman–Crippen LogP) is 3.93. The van der Waals surface area contributed by atoms with Crippen LogP contribution in [0.1, 0.15) is 23.1 Å². The van der Waals surface area contributed by atoms with Crippen LogP contribution >= 0.6 is 23.4 Å². The highest BCUT2D eigenvalue weighted by molar-refractivity contribution is 7.99. The van der Waals surface area contributed by atoms with Crippen LogP contribution in [-0.2, 0) is 17.8 Å². The molecule has 2 N–H and O–H groups in total. The van der Waals surface area contributed by atoms with Gasteiger partial charge in [-0.1, -0.05) is 35.5 Å². The molecule has 1 aromatic heterocycles. The molecule has 3 aromatic rings. The number of anilines is 1. The van der Waals surface area contributed by atoms with Crippen LogP contribution in [0.25, 0.3) is 0 Å². The number of amides is 2. The first kappa shape index (κ1) is 23.7. The van der Waals surface area contributed by atoms with Crippen LogP contribution in [0.2, 0.25) is 5.02 Å². The van der Waals surface area contributed by atoms with Gasteiger partial charge >= 0.3 is 0 Å². The van der Waals surface area contributed by atoms with Gasteiger partial charge in [0.05, 0.1) is 16.3 Å². The van der Waals surface area contributed by atoms with E-state index >= 15 is 0 Å². The van der Waals surface area contributed by atoms with Gasteiger partial charge in [-0.3, -0.25) is 9.59 Å². The third-order valence-electron chi connectivity index (χ3n) is 4.40. The van der Waals surface area contributed by atoms with Crippen molar-refractivity contribution in [2.45, 2.75) is 25.0 Å². The second-order valence-electron chi connectivity index (χ2n) is 6.59. The van der Waals surface area contributed by atoms with Gasteiger partial charge in [0.1, 0.15) is 17.5 Å². The Labute approximate surface area is 192 Å². The van der Waals surface area contributed by atoms with Gasteiger partial charge in [0.15, 0.2) is 5.16 Å². The number of hydrogen-bond donors (Lipinski definition) is 2. The molecule has 0 radical (unpaired) electrons. The number of benzene rings is 2. The number of aromatic nitrogens is 3. The molecule has 11 heteroatoms. The van der Waals surface area contributed by atoms with Crippen LogP contribution in [0, 0.1) is 11.6 Å². The lowest BCUT2D eigenvalue weighted by atomic mass is 10.2. The van der Waals surface area contributed by atoms with Crippen LogP contribution in [0.3, 0.4) is 0 Å². The number of nitrogens with zero attached hydrogens (tertiary/aromatic N) is 3. The van der Waals surface area contributed by atoms with Crippen LogP contribution in [0.4, 0.5) is 14.5 Å². The quantitative estimate of drug-likeness (QED) is 0.454. The number of nitrogens with one attached hydrogen (secondary N) is 2. The minimum Gasteiger partial charge on any atom is -0.351 e. The van der Waals surface area contributed by atoms with E-state index < -0.39 is 17.5 Å². The van der Waals surface area contributed by atoms with E-state index in [1.807, 2.05) is 11.5 Å². The van der Waals surface area contributed by atoms with Crippen LogP contribution in [0.15, 0.2) is 47.6 Å². The number of carbonyl (C=O) groups excluding carboxylic acids is 2. The van der Waals surface area contributed by atoms with E-state index in [0.29, 0.717) is 29.6 Å². The molecule has 0 atom stereocenters. The average molecular weight is 480 g/mol. The molecule has 0 aliphatic heterocycles. The van der Waals surface area contributed by atoms with Crippen molar-refractivity contribution in [2.75, 3.05) is 17.6 Å². The Balaban J connectivity index is 1.52. The SMILES string of the molecule is CCn1c(CCNC(=O)c2ccccc2F)nnc1SCC(=O)Nc1ccc(F)c(Cl)c1. The highest BCUT2D eigenvalue weighted by atomic mass is 35.5. The van der Waals surface area contributed by atoms with E-state index in [9.17, 15) is 18.4 Å². The maximum absolute atomic E-state index is 13.7.